The van der Waals surface area contributed by atoms with Crippen molar-refractivity contribution in [3.05, 3.63) is 90.0 Å². The molecule has 0 aliphatic carbocycles. The summed E-state index contributed by atoms with van der Waals surface area (Å²) in [5.74, 6) is -0.115. The maximum Gasteiger partial charge on any atom is 0.318 e. The van der Waals surface area contributed by atoms with Gasteiger partial charge in [0.1, 0.15) is 23.6 Å². The predicted molar refractivity (Wildman–Crippen MR) is 151 cm³/mol. The molecule has 0 aromatic heterocycles. The average Bonchev–Trinajstić information content (AvgIpc) is 2.91. The molecule has 0 bridgehead atoms. The van der Waals surface area contributed by atoms with Crippen LogP contribution >= 0.6 is 0 Å². The van der Waals surface area contributed by atoms with E-state index in [2.05, 4.69) is 0 Å². The number of hydrogen-bond acceptors (Lipinski definition) is 5. The van der Waals surface area contributed by atoms with E-state index in [-0.39, 0.29) is 17.0 Å². The van der Waals surface area contributed by atoms with Gasteiger partial charge in [0.25, 0.3) is 0 Å². The Labute approximate surface area is 228 Å². The molecule has 7 nitrogen and oxygen atoms in total. The van der Waals surface area contributed by atoms with Crippen LogP contribution in [0, 0.1) is 0 Å². The van der Waals surface area contributed by atoms with E-state index in [0.717, 1.165) is 38.2 Å². The molecule has 0 radical (unpaired) electrons. The zero-order chi connectivity index (χ0) is 27.8. The highest BCUT2D eigenvalue weighted by Gasteiger charge is 2.31. The van der Waals surface area contributed by atoms with Gasteiger partial charge in [-0.25, -0.2) is 8.42 Å². The summed E-state index contributed by atoms with van der Waals surface area (Å²) in [6, 6.07) is 24.4. The summed E-state index contributed by atoms with van der Waals surface area (Å²) in [4.78, 5) is 11.9. The molecule has 202 valence electrons. The highest BCUT2D eigenvalue weighted by molar-refractivity contribution is 7.89. The summed E-state index contributed by atoms with van der Waals surface area (Å²) in [6.07, 6.45) is 1.42. The summed E-state index contributed by atoms with van der Waals surface area (Å²) in [5.41, 5.74) is 2.90. The molecule has 0 atom stereocenters. The Morgan fingerprint density at radius 1 is 1.03 bits per heavy atom. The van der Waals surface area contributed by atoms with Crippen LogP contribution in [0.3, 0.4) is 0 Å². The van der Waals surface area contributed by atoms with Crippen molar-refractivity contribution in [1.82, 2.24) is 4.31 Å². The topological polar surface area (TPSA) is 93.1 Å². The molecule has 1 aliphatic rings. The summed E-state index contributed by atoms with van der Waals surface area (Å²) in [7, 11) is -2.64. The SMILES string of the molecule is COc1ccc(-c2cccc3ccccc23)cc1CN(CC(=O)O)S(=O)(=O)c1ccc2c(c1)CCC(C)(C)O2. The van der Waals surface area contributed by atoms with Gasteiger partial charge in [0.2, 0.25) is 10.0 Å². The Hall–Kier alpha value is -3.88. The van der Waals surface area contributed by atoms with Gasteiger partial charge in [-0.2, -0.15) is 4.31 Å². The first-order valence-corrected chi connectivity index (χ1v) is 14.2. The summed E-state index contributed by atoms with van der Waals surface area (Å²) in [5, 5.41) is 11.8. The second kappa shape index (κ2) is 10.4. The van der Waals surface area contributed by atoms with E-state index in [1.165, 1.54) is 13.2 Å². The Balaban J connectivity index is 1.53. The van der Waals surface area contributed by atoms with Crippen LogP contribution in [0.1, 0.15) is 31.4 Å². The van der Waals surface area contributed by atoms with Crippen LogP contribution < -0.4 is 9.47 Å². The van der Waals surface area contributed by atoms with Crippen molar-refractivity contribution in [3.8, 4) is 22.6 Å². The number of ether oxygens (including phenoxy) is 2. The third-order valence-corrected chi connectivity index (χ3v) is 8.88. The van der Waals surface area contributed by atoms with E-state index in [4.69, 9.17) is 9.47 Å². The smallest absolute Gasteiger partial charge is 0.318 e. The number of nitrogens with zero attached hydrogens (tertiary/aromatic N) is 1. The molecule has 0 amide bonds. The zero-order valence-electron chi connectivity index (χ0n) is 22.2. The molecule has 0 saturated heterocycles. The van der Waals surface area contributed by atoms with E-state index in [9.17, 15) is 18.3 Å². The number of fused-ring (bicyclic) bond motifs is 2. The van der Waals surface area contributed by atoms with Crippen LogP contribution in [-0.4, -0.2) is 43.1 Å². The molecular weight excluding hydrogens is 514 g/mol. The molecule has 0 fully saturated rings. The van der Waals surface area contributed by atoms with Crippen LogP contribution in [0.5, 0.6) is 11.5 Å². The number of hydrogen-bond donors (Lipinski definition) is 1. The van der Waals surface area contributed by atoms with Crippen molar-refractivity contribution in [3.63, 3.8) is 0 Å². The molecule has 1 heterocycles. The number of carboxylic acid groups (broad SMARTS) is 1. The lowest BCUT2D eigenvalue weighted by molar-refractivity contribution is -0.137. The highest BCUT2D eigenvalue weighted by Crippen LogP contribution is 2.36. The Morgan fingerprint density at radius 3 is 2.56 bits per heavy atom. The maximum atomic E-state index is 13.8. The van der Waals surface area contributed by atoms with E-state index in [1.807, 2.05) is 68.4 Å². The van der Waals surface area contributed by atoms with Gasteiger partial charge < -0.3 is 14.6 Å². The number of aliphatic carboxylic acids is 1. The molecule has 4 aromatic carbocycles. The van der Waals surface area contributed by atoms with Gasteiger partial charge in [0.05, 0.1) is 12.0 Å². The van der Waals surface area contributed by atoms with Crippen molar-refractivity contribution in [1.29, 1.82) is 0 Å². The fourth-order valence-corrected chi connectivity index (χ4v) is 6.48. The minimum atomic E-state index is -4.15. The first kappa shape index (κ1) is 26.7. The summed E-state index contributed by atoms with van der Waals surface area (Å²) in [6.45, 7) is 3.13. The van der Waals surface area contributed by atoms with Crippen LogP contribution in [0.15, 0.2) is 83.8 Å². The number of aryl methyl sites for hydroxylation is 1. The largest absolute Gasteiger partial charge is 0.496 e. The molecule has 0 unspecified atom stereocenters. The van der Waals surface area contributed by atoms with Crippen molar-refractivity contribution < 1.29 is 27.8 Å². The van der Waals surface area contributed by atoms with Gasteiger partial charge in [0.15, 0.2) is 0 Å². The summed E-state index contributed by atoms with van der Waals surface area (Å²) < 4.78 is 40.1. The van der Waals surface area contributed by atoms with Crippen molar-refractivity contribution in [2.24, 2.45) is 0 Å². The number of methoxy groups -OCH3 is 1. The summed E-state index contributed by atoms with van der Waals surface area (Å²) >= 11 is 0. The number of benzene rings is 4. The maximum absolute atomic E-state index is 13.8. The lowest BCUT2D eigenvalue weighted by Gasteiger charge is -2.33. The molecule has 1 aliphatic heterocycles. The minimum Gasteiger partial charge on any atom is -0.496 e. The molecular formula is C31H31NO6S. The number of carboxylic acids is 1. The third-order valence-electron chi connectivity index (χ3n) is 7.09. The van der Waals surface area contributed by atoms with Gasteiger partial charge in [-0.15, -0.1) is 0 Å². The van der Waals surface area contributed by atoms with E-state index >= 15 is 0 Å². The van der Waals surface area contributed by atoms with Crippen molar-refractivity contribution in [2.75, 3.05) is 13.7 Å². The fourth-order valence-electron chi connectivity index (χ4n) is 5.06. The molecule has 8 heteroatoms. The molecule has 39 heavy (non-hydrogen) atoms. The first-order chi connectivity index (χ1) is 18.6. The average molecular weight is 546 g/mol. The monoisotopic (exact) mass is 545 g/mol. The van der Waals surface area contributed by atoms with Crippen LogP contribution in [0.25, 0.3) is 21.9 Å². The van der Waals surface area contributed by atoms with Gasteiger partial charge in [-0.1, -0.05) is 48.5 Å². The minimum absolute atomic E-state index is 0.0370. The quantitative estimate of drug-likeness (QED) is 0.297. The van der Waals surface area contributed by atoms with Crippen molar-refractivity contribution in [2.45, 2.75) is 43.7 Å². The van der Waals surface area contributed by atoms with Crippen LogP contribution in [0.4, 0.5) is 0 Å². The van der Waals surface area contributed by atoms with Crippen LogP contribution in [0.2, 0.25) is 0 Å². The molecule has 1 N–H and O–H groups in total. The van der Waals surface area contributed by atoms with E-state index in [1.54, 1.807) is 18.2 Å². The fraction of sp³-hybridized carbons (Fsp3) is 0.258. The van der Waals surface area contributed by atoms with E-state index in [0.29, 0.717) is 23.5 Å². The number of carbonyl (C=O) groups is 1. The van der Waals surface area contributed by atoms with Gasteiger partial charge in [0, 0.05) is 12.1 Å². The van der Waals surface area contributed by atoms with Crippen LogP contribution in [-0.2, 0) is 27.8 Å². The lowest BCUT2D eigenvalue weighted by atomic mass is 9.94. The number of rotatable bonds is 8. The Kier molecular flexibility index (Phi) is 7.09. The van der Waals surface area contributed by atoms with Gasteiger partial charge in [-0.05, 0) is 84.5 Å². The Bertz CT molecular complexity index is 1660. The Morgan fingerprint density at radius 2 is 1.79 bits per heavy atom. The third kappa shape index (κ3) is 5.48. The lowest BCUT2D eigenvalue weighted by Crippen LogP contribution is -2.36. The molecule has 0 spiro atoms. The predicted octanol–water partition coefficient (Wildman–Crippen LogP) is 5.89. The highest BCUT2D eigenvalue weighted by atomic mass is 32.2. The first-order valence-electron chi connectivity index (χ1n) is 12.8. The molecule has 4 aromatic rings. The second-order valence-electron chi connectivity index (χ2n) is 10.4. The van der Waals surface area contributed by atoms with Gasteiger partial charge >= 0.3 is 5.97 Å². The van der Waals surface area contributed by atoms with Gasteiger partial charge in [-0.3, -0.25) is 4.79 Å². The zero-order valence-corrected chi connectivity index (χ0v) is 23.0. The molecule has 5 rings (SSSR count). The normalized spacial score (nSPS) is 14.6. The number of sulfonamides is 1. The standard InChI is InChI=1S/C31H31NO6S/c1-31(2)16-15-23-18-25(12-14-29(23)38-31)39(35,36)32(20-30(33)34)19-24-17-22(11-13-28(24)37-3)27-10-6-8-21-7-4-5-9-26(21)27/h4-14,17-18H,15-16,19-20H2,1-3H3,(H,33,34). The van der Waals surface area contributed by atoms with Crippen molar-refractivity contribution >= 4 is 26.8 Å². The van der Waals surface area contributed by atoms with E-state index < -0.39 is 22.5 Å². The molecule has 0 saturated carbocycles. The second-order valence-corrected chi connectivity index (χ2v) is 12.3.